The number of ether oxygens (including phenoxy) is 2. The molecule has 1 fully saturated rings. The van der Waals surface area contributed by atoms with Crippen molar-refractivity contribution < 1.29 is 32.4 Å². The summed E-state index contributed by atoms with van der Waals surface area (Å²) in [5, 5.41) is 0.603. The molecule has 5 nitrogen and oxygen atoms in total. The quantitative estimate of drug-likeness (QED) is 0.596. The standard InChI is InChI=1S/C17H19BF2O5S/c1-16(2)17(3,4)25-18(24-16)10-8-12-9(6-11(10)23-15(19)20)7-13(26-12)14(21)22-5/h6-8,15H,1-5H3. The fraction of sp³-hybridized carbons (Fsp3) is 0.471. The van der Waals surface area contributed by atoms with E-state index in [0.717, 1.165) is 4.70 Å². The number of esters is 1. The lowest BCUT2D eigenvalue weighted by Crippen LogP contribution is -2.41. The van der Waals surface area contributed by atoms with Crippen molar-refractivity contribution in [2.45, 2.75) is 45.5 Å². The minimum Gasteiger partial charge on any atom is -0.465 e. The number of rotatable bonds is 4. The number of halogens is 2. The third kappa shape index (κ3) is 3.31. The van der Waals surface area contributed by atoms with Crippen LogP contribution in [0.5, 0.6) is 5.75 Å². The number of thiophene rings is 1. The molecule has 3 rings (SSSR count). The van der Waals surface area contributed by atoms with E-state index in [0.29, 0.717) is 15.7 Å². The van der Waals surface area contributed by atoms with Crippen LogP contribution in [0.25, 0.3) is 10.1 Å². The van der Waals surface area contributed by atoms with Crippen LogP contribution < -0.4 is 10.2 Å². The molecule has 1 aliphatic heterocycles. The zero-order chi connectivity index (χ0) is 19.3. The average molecular weight is 384 g/mol. The van der Waals surface area contributed by atoms with E-state index in [1.165, 1.54) is 24.5 Å². The lowest BCUT2D eigenvalue weighted by Gasteiger charge is -2.32. The zero-order valence-corrected chi connectivity index (χ0v) is 15.9. The Morgan fingerprint density at radius 2 is 1.77 bits per heavy atom. The van der Waals surface area contributed by atoms with Gasteiger partial charge in [-0.15, -0.1) is 11.3 Å². The molecule has 2 aromatic rings. The lowest BCUT2D eigenvalue weighted by atomic mass is 9.78. The van der Waals surface area contributed by atoms with Crippen LogP contribution in [-0.4, -0.2) is 38.0 Å². The molecule has 0 bridgehead atoms. The summed E-state index contributed by atoms with van der Waals surface area (Å²) in [7, 11) is 0.426. The SMILES string of the molecule is COC(=O)c1cc2cc(OC(F)F)c(B3OC(C)(C)C(C)(C)O3)cc2s1. The van der Waals surface area contributed by atoms with Crippen molar-refractivity contribution in [3.63, 3.8) is 0 Å². The van der Waals surface area contributed by atoms with Gasteiger partial charge in [0.2, 0.25) is 0 Å². The highest BCUT2D eigenvalue weighted by Crippen LogP contribution is 2.38. The number of methoxy groups -OCH3 is 1. The molecule has 2 heterocycles. The molecule has 9 heteroatoms. The Morgan fingerprint density at radius 1 is 1.15 bits per heavy atom. The van der Waals surface area contributed by atoms with Gasteiger partial charge in [0.05, 0.1) is 18.3 Å². The fourth-order valence-electron chi connectivity index (χ4n) is 2.64. The Hall–Kier alpha value is -1.71. The van der Waals surface area contributed by atoms with Gasteiger partial charge < -0.3 is 18.8 Å². The Labute approximate surface area is 154 Å². The summed E-state index contributed by atoms with van der Waals surface area (Å²) in [5.74, 6) is -0.528. The summed E-state index contributed by atoms with van der Waals surface area (Å²) >= 11 is 1.20. The van der Waals surface area contributed by atoms with Gasteiger partial charge in [0.1, 0.15) is 10.6 Å². The summed E-state index contributed by atoms with van der Waals surface area (Å²) in [4.78, 5) is 12.1. The summed E-state index contributed by atoms with van der Waals surface area (Å²) in [5.41, 5.74) is -0.891. The number of hydrogen-bond donors (Lipinski definition) is 0. The predicted octanol–water partition coefficient (Wildman–Crippen LogP) is 3.59. The van der Waals surface area contributed by atoms with Crippen LogP contribution >= 0.6 is 11.3 Å². The molecule has 0 saturated carbocycles. The minimum absolute atomic E-state index is 0.0415. The Bertz CT molecular complexity index is 833. The minimum atomic E-state index is -2.99. The smallest absolute Gasteiger partial charge is 0.465 e. The molecule has 0 aliphatic carbocycles. The highest BCUT2D eigenvalue weighted by Gasteiger charge is 2.52. The van der Waals surface area contributed by atoms with E-state index in [1.54, 1.807) is 12.1 Å². The van der Waals surface area contributed by atoms with Crippen LogP contribution in [0.15, 0.2) is 18.2 Å². The fourth-order valence-corrected chi connectivity index (χ4v) is 3.65. The zero-order valence-electron chi connectivity index (χ0n) is 15.1. The van der Waals surface area contributed by atoms with Gasteiger partial charge in [-0.3, -0.25) is 0 Å². The number of alkyl halides is 2. The van der Waals surface area contributed by atoms with Gasteiger partial charge in [-0.25, -0.2) is 4.79 Å². The van der Waals surface area contributed by atoms with Crippen molar-refractivity contribution in [1.29, 1.82) is 0 Å². The monoisotopic (exact) mass is 384 g/mol. The molecule has 0 unspecified atom stereocenters. The molecular formula is C17H19BF2O5S. The maximum absolute atomic E-state index is 12.9. The molecular weight excluding hydrogens is 365 g/mol. The van der Waals surface area contributed by atoms with E-state index in [2.05, 4.69) is 0 Å². The van der Waals surface area contributed by atoms with E-state index in [4.69, 9.17) is 18.8 Å². The van der Waals surface area contributed by atoms with Crippen molar-refractivity contribution in [2.75, 3.05) is 7.11 Å². The van der Waals surface area contributed by atoms with Gasteiger partial charge in [-0.05, 0) is 51.3 Å². The van der Waals surface area contributed by atoms with E-state index < -0.39 is 30.9 Å². The van der Waals surface area contributed by atoms with Crippen molar-refractivity contribution >= 4 is 40.0 Å². The van der Waals surface area contributed by atoms with E-state index in [-0.39, 0.29) is 5.75 Å². The lowest BCUT2D eigenvalue weighted by molar-refractivity contribution is -0.0491. The Kier molecular flexibility index (Phi) is 4.75. The van der Waals surface area contributed by atoms with Crippen molar-refractivity contribution in [2.24, 2.45) is 0 Å². The molecule has 0 atom stereocenters. The van der Waals surface area contributed by atoms with Gasteiger partial charge in [0, 0.05) is 10.2 Å². The average Bonchev–Trinajstić information content (AvgIpc) is 3.02. The van der Waals surface area contributed by atoms with Gasteiger partial charge in [-0.2, -0.15) is 8.78 Å². The van der Waals surface area contributed by atoms with Gasteiger partial charge >= 0.3 is 19.7 Å². The van der Waals surface area contributed by atoms with Crippen LogP contribution in [0.4, 0.5) is 8.78 Å². The van der Waals surface area contributed by atoms with E-state index >= 15 is 0 Å². The largest absolute Gasteiger partial charge is 0.498 e. The van der Waals surface area contributed by atoms with Gasteiger partial charge in [0.25, 0.3) is 0 Å². The van der Waals surface area contributed by atoms with Crippen LogP contribution in [-0.2, 0) is 14.0 Å². The topological polar surface area (TPSA) is 54.0 Å². The van der Waals surface area contributed by atoms with Crippen LogP contribution in [0.2, 0.25) is 0 Å². The second-order valence-corrected chi connectivity index (χ2v) is 8.08. The molecule has 1 aromatic heterocycles. The molecule has 140 valence electrons. The van der Waals surface area contributed by atoms with Crippen LogP contribution in [0.1, 0.15) is 37.4 Å². The molecule has 26 heavy (non-hydrogen) atoms. The molecule has 1 aliphatic rings. The third-order valence-electron chi connectivity index (χ3n) is 4.76. The first-order valence-electron chi connectivity index (χ1n) is 8.00. The highest BCUT2D eigenvalue weighted by molar-refractivity contribution is 7.20. The first-order valence-corrected chi connectivity index (χ1v) is 8.82. The number of carbonyl (C=O) groups is 1. The summed E-state index contributed by atoms with van der Waals surface area (Å²) < 4.78 is 47.9. The normalized spacial score (nSPS) is 18.5. The first kappa shape index (κ1) is 19.1. The van der Waals surface area contributed by atoms with Gasteiger partial charge in [0.15, 0.2) is 0 Å². The van der Waals surface area contributed by atoms with Crippen LogP contribution in [0.3, 0.4) is 0 Å². The summed E-state index contributed by atoms with van der Waals surface area (Å²) in [6.07, 6.45) is 0. The molecule has 0 amide bonds. The third-order valence-corrected chi connectivity index (χ3v) is 5.84. The number of benzene rings is 1. The number of hydrogen-bond acceptors (Lipinski definition) is 6. The molecule has 0 spiro atoms. The second kappa shape index (κ2) is 6.47. The Balaban J connectivity index is 2.09. The van der Waals surface area contributed by atoms with Gasteiger partial charge in [-0.1, -0.05) is 0 Å². The molecule has 1 saturated heterocycles. The number of fused-ring (bicyclic) bond motifs is 1. The summed E-state index contributed by atoms with van der Waals surface area (Å²) in [6.45, 7) is 4.51. The molecule has 1 aromatic carbocycles. The van der Waals surface area contributed by atoms with Crippen molar-refractivity contribution in [3.8, 4) is 5.75 Å². The number of carbonyl (C=O) groups excluding carboxylic acids is 1. The summed E-state index contributed by atoms with van der Waals surface area (Å²) in [6, 6.07) is 4.70. The maximum Gasteiger partial charge on any atom is 0.498 e. The van der Waals surface area contributed by atoms with E-state index in [1.807, 2.05) is 27.7 Å². The van der Waals surface area contributed by atoms with Crippen molar-refractivity contribution in [3.05, 3.63) is 23.1 Å². The molecule has 0 radical (unpaired) electrons. The van der Waals surface area contributed by atoms with Crippen LogP contribution in [0, 0.1) is 0 Å². The second-order valence-electron chi connectivity index (χ2n) is 7.00. The molecule has 0 N–H and O–H groups in total. The highest BCUT2D eigenvalue weighted by atomic mass is 32.1. The van der Waals surface area contributed by atoms with E-state index in [9.17, 15) is 13.6 Å². The Morgan fingerprint density at radius 3 is 2.31 bits per heavy atom. The predicted molar refractivity (Wildman–Crippen MR) is 95.5 cm³/mol. The first-order chi connectivity index (χ1) is 12.0. The van der Waals surface area contributed by atoms with Crippen molar-refractivity contribution in [1.82, 2.24) is 0 Å². The maximum atomic E-state index is 12.9.